The summed E-state index contributed by atoms with van der Waals surface area (Å²) in [5, 5.41) is 7.68. The van der Waals surface area contributed by atoms with E-state index in [1.807, 2.05) is 19.1 Å². The van der Waals surface area contributed by atoms with Crippen molar-refractivity contribution in [3.63, 3.8) is 0 Å². The van der Waals surface area contributed by atoms with Crippen molar-refractivity contribution in [1.82, 2.24) is 10.2 Å². The van der Waals surface area contributed by atoms with Crippen LogP contribution in [-0.2, 0) is 20.9 Å². The summed E-state index contributed by atoms with van der Waals surface area (Å²) < 4.78 is 21.2. The summed E-state index contributed by atoms with van der Waals surface area (Å²) in [5.41, 5.74) is 1.64. The molecule has 9 nitrogen and oxygen atoms in total. The summed E-state index contributed by atoms with van der Waals surface area (Å²) in [5.74, 6) is 0.119. The van der Waals surface area contributed by atoms with Crippen molar-refractivity contribution in [1.29, 1.82) is 0 Å². The summed E-state index contributed by atoms with van der Waals surface area (Å²) >= 11 is 0. The van der Waals surface area contributed by atoms with E-state index in [-0.39, 0.29) is 37.3 Å². The Morgan fingerprint density at radius 2 is 2.17 bits per heavy atom. The van der Waals surface area contributed by atoms with E-state index >= 15 is 0 Å². The molecule has 1 aromatic carbocycles. The number of rotatable bonds is 6. The van der Waals surface area contributed by atoms with E-state index < -0.39 is 11.9 Å². The van der Waals surface area contributed by atoms with Crippen molar-refractivity contribution in [3.05, 3.63) is 48.0 Å². The number of furan rings is 1. The molecule has 4 rings (SSSR count). The van der Waals surface area contributed by atoms with Crippen molar-refractivity contribution in [2.45, 2.75) is 20.0 Å². The number of benzene rings is 1. The minimum atomic E-state index is -0.583. The molecule has 1 saturated heterocycles. The highest BCUT2D eigenvalue weighted by atomic mass is 16.5. The fraction of sp³-hybridized carbons (Fsp3) is 0.300. The smallest absolute Gasteiger partial charge is 0.311 e. The summed E-state index contributed by atoms with van der Waals surface area (Å²) in [7, 11) is 1.54. The molecule has 0 bridgehead atoms. The molecule has 1 fully saturated rings. The van der Waals surface area contributed by atoms with Crippen molar-refractivity contribution < 1.29 is 27.9 Å². The van der Waals surface area contributed by atoms with Crippen LogP contribution in [0.1, 0.15) is 17.9 Å². The zero-order valence-electron chi connectivity index (χ0n) is 16.0. The lowest BCUT2D eigenvalue weighted by Gasteiger charge is -2.20. The number of aromatic nitrogens is 2. The highest BCUT2D eigenvalue weighted by molar-refractivity contribution is 6.00. The van der Waals surface area contributed by atoms with Crippen LogP contribution in [0.25, 0.3) is 11.7 Å². The van der Waals surface area contributed by atoms with E-state index in [1.54, 1.807) is 30.2 Å². The molecule has 0 radical (unpaired) electrons. The predicted molar refractivity (Wildman–Crippen MR) is 100.0 cm³/mol. The molecular formula is C20H19N3O6. The van der Waals surface area contributed by atoms with Gasteiger partial charge in [0, 0.05) is 13.0 Å². The van der Waals surface area contributed by atoms with E-state index in [4.69, 9.17) is 18.3 Å². The third kappa shape index (κ3) is 3.84. The van der Waals surface area contributed by atoms with Crippen LogP contribution in [0.4, 0.5) is 5.69 Å². The molecule has 150 valence electrons. The van der Waals surface area contributed by atoms with Gasteiger partial charge in [0.25, 0.3) is 11.8 Å². The number of ether oxygens (including phenoxy) is 2. The lowest BCUT2D eigenvalue weighted by atomic mass is 10.1. The molecule has 0 unspecified atom stereocenters. The van der Waals surface area contributed by atoms with Gasteiger partial charge in [-0.25, -0.2) is 0 Å². The molecule has 0 aliphatic carbocycles. The van der Waals surface area contributed by atoms with Gasteiger partial charge >= 0.3 is 5.97 Å². The van der Waals surface area contributed by atoms with Gasteiger partial charge in [0.15, 0.2) is 12.4 Å². The molecule has 9 heteroatoms. The molecule has 0 saturated carbocycles. The fourth-order valence-corrected chi connectivity index (χ4v) is 3.17. The average Bonchev–Trinajstić information content (AvgIpc) is 3.46. The summed E-state index contributed by atoms with van der Waals surface area (Å²) in [6.45, 7) is 1.97. The molecule has 29 heavy (non-hydrogen) atoms. The van der Waals surface area contributed by atoms with Crippen LogP contribution in [-0.4, -0.2) is 35.7 Å². The van der Waals surface area contributed by atoms with Crippen LogP contribution in [0.2, 0.25) is 0 Å². The Bertz CT molecular complexity index is 1030. The molecule has 1 atom stereocenters. The van der Waals surface area contributed by atoms with Gasteiger partial charge in [-0.15, -0.1) is 10.2 Å². The van der Waals surface area contributed by atoms with Crippen LogP contribution in [0.15, 0.2) is 45.4 Å². The molecule has 1 amide bonds. The molecule has 1 aliphatic rings. The summed E-state index contributed by atoms with van der Waals surface area (Å²) in [6.07, 6.45) is 1.56. The molecule has 1 aliphatic heterocycles. The normalized spacial score (nSPS) is 16.3. The summed E-state index contributed by atoms with van der Waals surface area (Å²) in [4.78, 5) is 26.5. The minimum absolute atomic E-state index is 0.0669. The van der Waals surface area contributed by atoms with Gasteiger partial charge in [0.05, 0.1) is 25.0 Å². The van der Waals surface area contributed by atoms with Gasteiger partial charge in [-0.1, -0.05) is 6.07 Å². The largest absolute Gasteiger partial charge is 0.495 e. The Kier molecular flexibility index (Phi) is 5.03. The first-order chi connectivity index (χ1) is 14.0. The maximum atomic E-state index is 12.5. The first-order valence-corrected chi connectivity index (χ1v) is 9.03. The minimum Gasteiger partial charge on any atom is -0.495 e. The quantitative estimate of drug-likeness (QED) is 0.584. The SMILES string of the molecule is COc1ccc(C)cc1N1C[C@H](C(=O)OCc2nnc(-c3ccco3)o2)CC1=O. The van der Waals surface area contributed by atoms with E-state index in [0.29, 0.717) is 17.2 Å². The molecule has 3 heterocycles. The lowest BCUT2D eigenvalue weighted by Crippen LogP contribution is -2.27. The van der Waals surface area contributed by atoms with Gasteiger partial charge < -0.3 is 23.2 Å². The Morgan fingerprint density at radius 1 is 1.31 bits per heavy atom. The van der Waals surface area contributed by atoms with Crippen LogP contribution in [0.5, 0.6) is 5.75 Å². The van der Waals surface area contributed by atoms with Gasteiger partial charge in [-0.2, -0.15) is 0 Å². The topological polar surface area (TPSA) is 108 Å². The van der Waals surface area contributed by atoms with Crippen molar-refractivity contribution >= 4 is 17.6 Å². The van der Waals surface area contributed by atoms with Crippen LogP contribution >= 0.6 is 0 Å². The first kappa shape index (κ1) is 18.7. The van der Waals surface area contributed by atoms with Crippen molar-refractivity contribution in [2.24, 2.45) is 5.92 Å². The number of methoxy groups -OCH3 is 1. The highest BCUT2D eigenvalue weighted by Gasteiger charge is 2.37. The van der Waals surface area contributed by atoms with E-state index in [0.717, 1.165) is 5.56 Å². The predicted octanol–water partition coefficient (Wildman–Crippen LogP) is 2.74. The Labute approximate surface area is 166 Å². The standard InChI is InChI=1S/C20H19N3O6/c1-12-5-6-15(26-2)14(8-12)23-10-13(9-18(23)24)20(25)28-11-17-21-22-19(29-17)16-4-3-7-27-16/h3-8,13H,9-11H2,1-2H3/t13-/m1/s1. The number of carbonyl (C=O) groups excluding carboxylic acids is 2. The second kappa shape index (κ2) is 7.78. The van der Waals surface area contributed by atoms with Crippen LogP contribution in [0, 0.1) is 12.8 Å². The second-order valence-electron chi connectivity index (χ2n) is 6.67. The fourth-order valence-electron chi connectivity index (χ4n) is 3.17. The van der Waals surface area contributed by atoms with Crippen molar-refractivity contribution in [3.8, 4) is 17.4 Å². The number of carbonyl (C=O) groups is 2. The third-order valence-corrected chi connectivity index (χ3v) is 4.62. The number of nitrogens with zero attached hydrogens (tertiary/aromatic N) is 3. The van der Waals surface area contributed by atoms with Gasteiger partial charge in [0.2, 0.25) is 5.91 Å². The summed E-state index contributed by atoms with van der Waals surface area (Å²) in [6, 6.07) is 8.94. The molecule has 2 aromatic heterocycles. The molecular weight excluding hydrogens is 378 g/mol. The zero-order valence-corrected chi connectivity index (χ0v) is 16.0. The van der Waals surface area contributed by atoms with Gasteiger partial charge in [0.1, 0.15) is 5.75 Å². The number of hydrogen-bond acceptors (Lipinski definition) is 8. The molecule has 0 spiro atoms. The Hall–Kier alpha value is -3.62. The van der Waals surface area contributed by atoms with Gasteiger partial charge in [-0.05, 0) is 36.8 Å². The zero-order chi connectivity index (χ0) is 20.4. The lowest BCUT2D eigenvalue weighted by molar-refractivity contribution is -0.150. The second-order valence-corrected chi connectivity index (χ2v) is 6.67. The number of esters is 1. The Morgan fingerprint density at radius 3 is 2.93 bits per heavy atom. The highest BCUT2D eigenvalue weighted by Crippen LogP contribution is 2.34. The monoisotopic (exact) mass is 397 g/mol. The molecule has 0 N–H and O–H groups in total. The maximum absolute atomic E-state index is 12.5. The van der Waals surface area contributed by atoms with Crippen LogP contribution < -0.4 is 9.64 Å². The van der Waals surface area contributed by atoms with E-state index in [9.17, 15) is 9.59 Å². The number of anilines is 1. The number of hydrogen-bond donors (Lipinski definition) is 0. The maximum Gasteiger partial charge on any atom is 0.311 e. The van der Waals surface area contributed by atoms with Crippen molar-refractivity contribution in [2.75, 3.05) is 18.6 Å². The van der Waals surface area contributed by atoms with Crippen LogP contribution in [0.3, 0.4) is 0 Å². The molecule has 3 aromatic rings. The van der Waals surface area contributed by atoms with Gasteiger partial charge in [-0.3, -0.25) is 9.59 Å². The Balaban J connectivity index is 1.39. The van der Waals surface area contributed by atoms with E-state index in [2.05, 4.69) is 10.2 Å². The third-order valence-electron chi connectivity index (χ3n) is 4.62. The average molecular weight is 397 g/mol. The number of amides is 1. The van der Waals surface area contributed by atoms with E-state index in [1.165, 1.54) is 6.26 Å². The number of aryl methyl sites for hydroxylation is 1. The first-order valence-electron chi connectivity index (χ1n) is 9.03.